The maximum absolute atomic E-state index is 11.0. The fourth-order valence-corrected chi connectivity index (χ4v) is 1.03. The van der Waals surface area contributed by atoms with E-state index in [2.05, 4.69) is 0 Å². The van der Waals surface area contributed by atoms with Gasteiger partial charge in [-0.05, 0) is 24.6 Å². The number of aryl methyl sites for hydroxylation is 1. The lowest BCUT2D eigenvalue weighted by Crippen LogP contribution is -2.24. The van der Waals surface area contributed by atoms with Gasteiger partial charge in [-0.2, -0.15) is 5.26 Å². The first-order chi connectivity index (χ1) is 6.15. The lowest BCUT2D eigenvalue weighted by atomic mass is 10.2. The van der Waals surface area contributed by atoms with E-state index in [9.17, 15) is 4.79 Å². The summed E-state index contributed by atoms with van der Waals surface area (Å²) in [5.74, 6) is -0.550. The van der Waals surface area contributed by atoms with Gasteiger partial charge < -0.3 is 4.90 Å². The van der Waals surface area contributed by atoms with Crippen LogP contribution in [0.1, 0.15) is 5.56 Å². The minimum atomic E-state index is -0.550. The second-order valence-corrected chi connectivity index (χ2v) is 2.81. The average Bonchev–Trinajstić information content (AvgIpc) is 2.15. The van der Waals surface area contributed by atoms with E-state index in [1.807, 2.05) is 25.1 Å². The highest BCUT2D eigenvalue weighted by Crippen LogP contribution is 2.13. The summed E-state index contributed by atoms with van der Waals surface area (Å²) in [5, 5.41) is 8.39. The van der Waals surface area contributed by atoms with Gasteiger partial charge in [0.05, 0.1) is 0 Å². The average molecular weight is 174 g/mol. The number of nitrogens with zero attached hydrogens (tertiary/aromatic N) is 2. The van der Waals surface area contributed by atoms with Crippen LogP contribution in [0.4, 0.5) is 5.69 Å². The van der Waals surface area contributed by atoms with Crippen molar-refractivity contribution in [2.75, 3.05) is 11.9 Å². The summed E-state index contributed by atoms with van der Waals surface area (Å²) in [5.41, 5.74) is 1.81. The van der Waals surface area contributed by atoms with Gasteiger partial charge in [-0.3, -0.25) is 4.79 Å². The van der Waals surface area contributed by atoms with Crippen molar-refractivity contribution in [2.24, 2.45) is 0 Å². The lowest BCUT2D eigenvalue weighted by Gasteiger charge is -2.13. The minimum Gasteiger partial charge on any atom is -0.303 e. The van der Waals surface area contributed by atoms with Crippen LogP contribution in [0.25, 0.3) is 0 Å². The number of anilines is 1. The Bertz CT molecular complexity index is 365. The SMILES string of the molecule is Cc1cccc(N(C)C(=O)C#N)c1. The van der Waals surface area contributed by atoms with Crippen LogP contribution in [0.15, 0.2) is 24.3 Å². The Labute approximate surface area is 77.2 Å². The first-order valence-electron chi connectivity index (χ1n) is 3.89. The van der Waals surface area contributed by atoms with Gasteiger partial charge >= 0.3 is 5.91 Å². The molecule has 1 aromatic rings. The van der Waals surface area contributed by atoms with E-state index in [-0.39, 0.29) is 0 Å². The summed E-state index contributed by atoms with van der Waals surface area (Å²) >= 11 is 0. The van der Waals surface area contributed by atoms with Crippen LogP contribution in [-0.4, -0.2) is 13.0 Å². The molecule has 0 aliphatic heterocycles. The summed E-state index contributed by atoms with van der Waals surface area (Å²) in [4.78, 5) is 12.3. The molecular weight excluding hydrogens is 164 g/mol. The number of carbonyl (C=O) groups is 1. The van der Waals surface area contributed by atoms with Gasteiger partial charge in [0.1, 0.15) is 0 Å². The van der Waals surface area contributed by atoms with Crippen molar-refractivity contribution < 1.29 is 4.79 Å². The largest absolute Gasteiger partial charge is 0.329 e. The molecule has 3 nitrogen and oxygen atoms in total. The van der Waals surface area contributed by atoms with E-state index in [1.165, 1.54) is 4.90 Å². The molecule has 1 aromatic carbocycles. The molecule has 1 rings (SSSR count). The van der Waals surface area contributed by atoms with E-state index in [1.54, 1.807) is 19.2 Å². The van der Waals surface area contributed by atoms with Gasteiger partial charge in [-0.1, -0.05) is 12.1 Å². The number of nitriles is 1. The van der Waals surface area contributed by atoms with Crippen molar-refractivity contribution in [3.05, 3.63) is 29.8 Å². The van der Waals surface area contributed by atoms with Crippen molar-refractivity contribution in [1.82, 2.24) is 0 Å². The highest BCUT2D eigenvalue weighted by molar-refractivity contribution is 6.03. The van der Waals surface area contributed by atoms with Crippen LogP contribution in [0.3, 0.4) is 0 Å². The molecule has 0 bridgehead atoms. The second-order valence-electron chi connectivity index (χ2n) is 2.81. The summed E-state index contributed by atoms with van der Waals surface area (Å²) in [6, 6.07) is 9.01. The zero-order valence-electron chi connectivity index (χ0n) is 7.61. The Balaban J connectivity index is 2.96. The number of amides is 1. The number of benzene rings is 1. The Hall–Kier alpha value is -1.82. The van der Waals surface area contributed by atoms with Crippen LogP contribution in [0, 0.1) is 18.3 Å². The molecule has 0 saturated heterocycles. The molecule has 0 fully saturated rings. The van der Waals surface area contributed by atoms with E-state index >= 15 is 0 Å². The predicted molar refractivity (Wildman–Crippen MR) is 50.2 cm³/mol. The molecule has 1 amide bonds. The van der Waals surface area contributed by atoms with Gasteiger partial charge in [-0.25, -0.2) is 0 Å². The number of rotatable bonds is 1. The van der Waals surface area contributed by atoms with Gasteiger partial charge in [0.25, 0.3) is 0 Å². The molecule has 0 N–H and O–H groups in total. The van der Waals surface area contributed by atoms with Crippen LogP contribution in [0.2, 0.25) is 0 Å². The third kappa shape index (κ3) is 2.06. The van der Waals surface area contributed by atoms with E-state index in [4.69, 9.17) is 5.26 Å². The molecule has 13 heavy (non-hydrogen) atoms. The van der Waals surface area contributed by atoms with Gasteiger partial charge in [0, 0.05) is 12.7 Å². The van der Waals surface area contributed by atoms with E-state index in [0.29, 0.717) is 0 Å². The van der Waals surface area contributed by atoms with Crippen molar-refractivity contribution in [2.45, 2.75) is 6.92 Å². The zero-order chi connectivity index (χ0) is 9.84. The first kappa shape index (κ1) is 9.27. The summed E-state index contributed by atoms with van der Waals surface area (Å²) in [7, 11) is 1.58. The predicted octanol–water partition coefficient (Wildman–Crippen LogP) is 1.48. The minimum absolute atomic E-state index is 0.550. The summed E-state index contributed by atoms with van der Waals surface area (Å²) < 4.78 is 0. The molecule has 0 aliphatic carbocycles. The van der Waals surface area contributed by atoms with Crippen molar-refractivity contribution >= 4 is 11.6 Å². The molecule has 0 saturated carbocycles. The molecule has 0 spiro atoms. The van der Waals surface area contributed by atoms with Crippen molar-refractivity contribution in [1.29, 1.82) is 5.26 Å². The quantitative estimate of drug-likeness (QED) is 0.605. The number of carbonyl (C=O) groups excluding carboxylic acids is 1. The molecule has 66 valence electrons. The number of hydrogen-bond donors (Lipinski definition) is 0. The summed E-state index contributed by atoms with van der Waals surface area (Å²) in [6.07, 6.45) is 0. The fourth-order valence-electron chi connectivity index (χ4n) is 1.03. The Morgan fingerprint density at radius 2 is 2.23 bits per heavy atom. The molecule has 0 heterocycles. The lowest BCUT2D eigenvalue weighted by molar-refractivity contribution is -0.113. The molecule has 0 aromatic heterocycles. The van der Waals surface area contributed by atoms with Crippen LogP contribution < -0.4 is 4.90 Å². The Morgan fingerprint density at radius 3 is 2.77 bits per heavy atom. The standard InChI is InChI=1S/C10H10N2O/c1-8-4-3-5-9(6-8)12(2)10(13)7-11/h3-6H,1-2H3. The Morgan fingerprint density at radius 1 is 1.54 bits per heavy atom. The zero-order valence-corrected chi connectivity index (χ0v) is 7.61. The molecule has 0 aliphatic rings. The van der Waals surface area contributed by atoms with Crippen LogP contribution in [0.5, 0.6) is 0 Å². The van der Waals surface area contributed by atoms with Gasteiger partial charge in [-0.15, -0.1) is 0 Å². The smallest absolute Gasteiger partial charge is 0.303 e. The number of hydrogen-bond acceptors (Lipinski definition) is 2. The van der Waals surface area contributed by atoms with Crippen molar-refractivity contribution in [3.63, 3.8) is 0 Å². The Kier molecular flexibility index (Phi) is 2.65. The van der Waals surface area contributed by atoms with Crippen molar-refractivity contribution in [3.8, 4) is 6.07 Å². The second kappa shape index (κ2) is 3.72. The third-order valence-corrected chi connectivity index (χ3v) is 1.79. The van der Waals surface area contributed by atoms with Crippen LogP contribution >= 0.6 is 0 Å². The van der Waals surface area contributed by atoms with Gasteiger partial charge in [0.2, 0.25) is 0 Å². The highest BCUT2D eigenvalue weighted by atomic mass is 16.2. The van der Waals surface area contributed by atoms with Crippen LogP contribution in [-0.2, 0) is 4.79 Å². The topological polar surface area (TPSA) is 44.1 Å². The summed E-state index contributed by atoms with van der Waals surface area (Å²) in [6.45, 7) is 1.94. The maximum Gasteiger partial charge on any atom is 0.329 e. The molecule has 0 unspecified atom stereocenters. The molecule has 3 heteroatoms. The highest BCUT2D eigenvalue weighted by Gasteiger charge is 2.08. The van der Waals surface area contributed by atoms with Gasteiger partial charge in [0.15, 0.2) is 6.07 Å². The van der Waals surface area contributed by atoms with E-state index in [0.717, 1.165) is 11.3 Å². The molecule has 0 atom stereocenters. The third-order valence-electron chi connectivity index (χ3n) is 1.79. The monoisotopic (exact) mass is 174 g/mol. The fraction of sp³-hybridized carbons (Fsp3) is 0.200. The van der Waals surface area contributed by atoms with E-state index < -0.39 is 5.91 Å². The first-order valence-corrected chi connectivity index (χ1v) is 3.89. The molecular formula is C10H10N2O. The normalized spacial score (nSPS) is 9.00. The maximum atomic E-state index is 11.0. The molecule has 0 radical (unpaired) electrons.